The normalized spacial score (nSPS) is 18.3. The van der Waals surface area contributed by atoms with Crippen molar-refractivity contribution < 1.29 is 4.79 Å². The van der Waals surface area contributed by atoms with Crippen LogP contribution < -0.4 is 4.90 Å². The van der Waals surface area contributed by atoms with Gasteiger partial charge in [-0.25, -0.2) is 0 Å². The van der Waals surface area contributed by atoms with E-state index in [4.69, 9.17) is 0 Å². The number of hydrogen-bond acceptors (Lipinski definition) is 2. The lowest BCUT2D eigenvalue weighted by Gasteiger charge is -2.19. The van der Waals surface area contributed by atoms with Crippen molar-refractivity contribution in [3.05, 3.63) is 29.3 Å². The first-order valence-corrected chi connectivity index (χ1v) is 6.58. The van der Waals surface area contributed by atoms with Gasteiger partial charge in [0.25, 0.3) is 0 Å². The lowest BCUT2D eigenvalue weighted by molar-refractivity contribution is -0.116. The summed E-state index contributed by atoms with van der Waals surface area (Å²) in [5.41, 5.74) is 4.01. The van der Waals surface area contributed by atoms with Gasteiger partial charge in [0.1, 0.15) is 5.78 Å². The highest BCUT2D eigenvalue weighted by Crippen LogP contribution is 2.35. The molecule has 1 aromatic carbocycles. The van der Waals surface area contributed by atoms with Crippen molar-refractivity contribution in [2.75, 3.05) is 18.0 Å². The van der Waals surface area contributed by atoms with Crippen LogP contribution in [0.1, 0.15) is 30.9 Å². The highest BCUT2D eigenvalue weighted by Gasteiger charge is 2.27. The summed E-state index contributed by atoms with van der Waals surface area (Å²) in [7, 11) is 0. The molecule has 1 aliphatic heterocycles. The van der Waals surface area contributed by atoms with E-state index in [9.17, 15) is 4.79 Å². The minimum Gasteiger partial charge on any atom is -0.371 e. The maximum Gasteiger partial charge on any atom is 0.134 e. The Morgan fingerprint density at radius 1 is 1.41 bits per heavy atom. The zero-order valence-electron chi connectivity index (χ0n) is 10.4. The van der Waals surface area contributed by atoms with Crippen molar-refractivity contribution in [2.24, 2.45) is 5.92 Å². The summed E-state index contributed by atoms with van der Waals surface area (Å²) in [6, 6.07) is 6.55. The molecule has 1 aliphatic carbocycles. The van der Waals surface area contributed by atoms with Gasteiger partial charge in [0, 0.05) is 25.2 Å². The predicted molar refractivity (Wildman–Crippen MR) is 69.5 cm³/mol. The molecule has 0 radical (unpaired) electrons. The third-order valence-corrected chi connectivity index (χ3v) is 3.76. The number of Topliss-reactive ketones (excluding diaryl/α,β-unsaturated/α-hetero) is 1. The molecule has 1 saturated carbocycles. The molecule has 0 aromatic heterocycles. The number of benzene rings is 1. The van der Waals surface area contributed by atoms with Crippen LogP contribution in [0.5, 0.6) is 0 Å². The molecule has 3 rings (SSSR count). The molecule has 2 heteroatoms. The fourth-order valence-corrected chi connectivity index (χ4v) is 2.72. The summed E-state index contributed by atoms with van der Waals surface area (Å²) in [4.78, 5) is 13.6. The van der Waals surface area contributed by atoms with E-state index in [1.807, 2.05) is 0 Å². The number of nitrogens with zero attached hydrogens (tertiary/aromatic N) is 1. The van der Waals surface area contributed by atoms with Crippen LogP contribution in [-0.2, 0) is 17.6 Å². The molecule has 2 nitrogen and oxygen atoms in total. The van der Waals surface area contributed by atoms with Gasteiger partial charge < -0.3 is 4.90 Å². The monoisotopic (exact) mass is 229 g/mol. The Morgan fingerprint density at radius 2 is 2.24 bits per heavy atom. The molecule has 90 valence electrons. The van der Waals surface area contributed by atoms with Crippen molar-refractivity contribution in [3.63, 3.8) is 0 Å². The summed E-state index contributed by atoms with van der Waals surface area (Å²) in [5, 5.41) is 0. The molecule has 0 spiro atoms. The fraction of sp³-hybridized carbons (Fsp3) is 0.533. The fourth-order valence-electron chi connectivity index (χ4n) is 2.72. The zero-order valence-corrected chi connectivity index (χ0v) is 10.4. The van der Waals surface area contributed by atoms with Crippen molar-refractivity contribution in [1.82, 2.24) is 0 Å². The lowest BCUT2D eigenvalue weighted by atomic mass is 10.0. The topological polar surface area (TPSA) is 20.3 Å². The number of rotatable bonds is 4. The molecule has 0 unspecified atom stereocenters. The number of ketones is 1. The van der Waals surface area contributed by atoms with Crippen molar-refractivity contribution in [2.45, 2.75) is 32.6 Å². The van der Waals surface area contributed by atoms with Crippen LogP contribution in [0.2, 0.25) is 0 Å². The Kier molecular flexibility index (Phi) is 2.65. The smallest absolute Gasteiger partial charge is 0.134 e. The second kappa shape index (κ2) is 4.17. The second-order valence-corrected chi connectivity index (χ2v) is 5.48. The van der Waals surface area contributed by atoms with E-state index < -0.39 is 0 Å². The van der Waals surface area contributed by atoms with Gasteiger partial charge in [-0.2, -0.15) is 0 Å². The summed E-state index contributed by atoms with van der Waals surface area (Å²) in [6.07, 6.45) is 4.55. The maximum absolute atomic E-state index is 11.1. The summed E-state index contributed by atoms with van der Waals surface area (Å²) < 4.78 is 0. The third-order valence-electron chi connectivity index (χ3n) is 3.76. The molecule has 0 atom stereocenters. The average Bonchev–Trinajstić information content (AvgIpc) is 3.00. The Morgan fingerprint density at radius 3 is 2.94 bits per heavy atom. The van der Waals surface area contributed by atoms with Gasteiger partial charge >= 0.3 is 0 Å². The van der Waals surface area contributed by atoms with E-state index in [-0.39, 0.29) is 5.78 Å². The number of carbonyl (C=O) groups is 1. The van der Waals surface area contributed by atoms with Gasteiger partial charge in [-0.3, -0.25) is 4.79 Å². The van der Waals surface area contributed by atoms with Gasteiger partial charge in [-0.05, 0) is 49.3 Å². The van der Waals surface area contributed by atoms with Crippen LogP contribution in [0.25, 0.3) is 0 Å². The van der Waals surface area contributed by atoms with Gasteiger partial charge in [0.15, 0.2) is 0 Å². The highest BCUT2D eigenvalue weighted by atomic mass is 16.1. The van der Waals surface area contributed by atoms with E-state index in [0.717, 1.165) is 18.9 Å². The van der Waals surface area contributed by atoms with E-state index in [1.165, 1.54) is 36.2 Å². The molecule has 1 heterocycles. The quantitative estimate of drug-likeness (QED) is 0.791. The minimum atomic E-state index is 0.248. The zero-order chi connectivity index (χ0) is 11.8. The van der Waals surface area contributed by atoms with Crippen molar-refractivity contribution in [1.29, 1.82) is 0 Å². The summed E-state index contributed by atoms with van der Waals surface area (Å²) in [6.45, 7) is 4.06. The molecule has 0 bridgehead atoms. The molecule has 1 aromatic rings. The largest absolute Gasteiger partial charge is 0.371 e. The Balaban J connectivity index is 1.77. The van der Waals surface area contributed by atoms with Gasteiger partial charge in [-0.1, -0.05) is 12.1 Å². The van der Waals surface area contributed by atoms with Crippen LogP contribution in [-0.4, -0.2) is 18.9 Å². The van der Waals surface area contributed by atoms with Crippen molar-refractivity contribution >= 4 is 11.5 Å². The molecule has 0 saturated heterocycles. The second-order valence-electron chi connectivity index (χ2n) is 5.48. The Hall–Kier alpha value is -1.31. The molecular weight excluding hydrogens is 210 g/mol. The molecule has 17 heavy (non-hydrogen) atoms. The molecule has 0 N–H and O–H groups in total. The number of fused-ring (bicyclic) bond motifs is 1. The third kappa shape index (κ3) is 2.36. The van der Waals surface area contributed by atoms with Gasteiger partial charge in [-0.15, -0.1) is 0 Å². The minimum absolute atomic E-state index is 0.248. The Labute approximate surface area is 103 Å². The SMILES string of the molecule is CC(=O)Cc1ccc2c(c1)CCN2CC1CC1. The van der Waals surface area contributed by atoms with Crippen LogP contribution in [0, 0.1) is 5.92 Å². The maximum atomic E-state index is 11.1. The molecule has 1 fully saturated rings. The molecule has 0 amide bonds. The molecule has 2 aliphatic rings. The first kappa shape index (κ1) is 10.8. The standard InChI is InChI=1S/C15H19NO/c1-11(17)8-13-4-5-15-14(9-13)6-7-16(15)10-12-2-3-12/h4-5,9,12H,2-3,6-8,10H2,1H3. The highest BCUT2D eigenvalue weighted by molar-refractivity contribution is 5.78. The van der Waals surface area contributed by atoms with Crippen LogP contribution >= 0.6 is 0 Å². The van der Waals surface area contributed by atoms with Gasteiger partial charge in [0.05, 0.1) is 0 Å². The first-order chi connectivity index (χ1) is 8.22. The van der Waals surface area contributed by atoms with E-state index in [2.05, 4.69) is 23.1 Å². The van der Waals surface area contributed by atoms with E-state index >= 15 is 0 Å². The Bertz CT molecular complexity index is 448. The van der Waals surface area contributed by atoms with Crippen LogP contribution in [0.4, 0.5) is 5.69 Å². The number of carbonyl (C=O) groups excluding carboxylic acids is 1. The van der Waals surface area contributed by atoms with Crippen molar-refractivity contribution in [3.8, 4) is 0 Å². The summed E-state index contributed by atoms with van der Waals surface area (Å²) in [5.74, 6) is 1.19. The van der Waals surface area contributed by atoms with Crippen LogP contribution in [0.3, 0.4) is 0 Å². The predicted octanol–water partition coefficient (Wildman–Crippen LogP) is 2.59. The summed E-state index contributed by atoms with van der Waals surface area (Å²) >= 11 is 0. The van der Waals surface area contributed by atoms with Crippen LogP contribution in [0.15, 0.2) is 18.2 Å². The van der Waals surface area contributed by atoms with E-state index in [1.54, 1.807) is 6.92 Å². The average molecular weight is 229 g/mol. The number of anilines is 1. The van der Waals surface area contributed by atoms with Gasteiger partial charge in [0.2, 0.25) is 0 Å². The van der Waals surface area contributed by atoms with E-state index in [0.29, 0.717) is 6.42 Å². The lowest BCUT2D eigenvalue weighted by Crippen LogP contribution is -2.22. The first-order valence-electron chi connectivity index (χ1n) is 6.58. The number of hydrogen-bond donors (Lipinski definition) is 0. The molecular formula is C15H19NO.